The molecule has 0 unspecified atom stereocenters. The molecule has 2 saturated carbocycles. The van der Waals surface area contributed by atoms with Gasteiger partial charge in [0.15, 0.2) is 11.5 Å². The first-order valence-electron chi connectivity index (χ1n) is 12.1. The Labute approximate surface area is 211 Å². The quantitative estimate of drug-likeness (QED) is 0.481. The average molecular weight is 517 g/mol. The van der Waals surface area contributed by atoms with Crippen LogP contribution < -0.4 is 19.5 Å². The molecule has 3 N–H and O–H groups in total. The molecule has 2 fully saturated rings. The summed E-state index contributed by atoms with van der Waals surface area (Å²) in [7, 11) is -2.57. The molecule has 0 spiro atoms. The maximum Gasteiger partial charge on any atom is 0.329 e. The Balaban J connectivity index is 1.48. The molecule has 0 bridgehead atoms. The normalized spacial score (nSPS) is 22.2. The van der Waals surface area contributed by atoms with Crippen molar-refractivity contribution in [2.24, 2.45) is 0 Å². The largest absolute Gasteiger partial charge is 0.493 e. The Hall–Kier alpha value is -3.27. The summed E-state index contributed by atoms with van der Waals surface area (Å²) >= 11 is 0. The van der Waals surface area contributed by atoms with E-state index in [0.29, 0.717) is 17.9 Å². The highest BCUT2D eigenvalue weighted by atomic mass is 32.2. The van der Waals surface area contributed by atoms with Gasteiger partial charge in [0.2, 0.25) is 0 Å². The molecule has 2 aliphatic rings. The topological polar surface area (TPSA) is 131 Å². The zero-order chi connectivity index (χ0) is 25.9. The van der Waals surface area contributed by atoms with Gasteiger partial charge in [-0.1, -0.05) is 23.8 Å². The lowest BCUT2D eigenvalue weighted by Gasteiger charge is -2.26. The van der Waals surface area contributed by atoms with Crippen molar-refractivity contribution < 1.29 is 32.6 Å². The van der Waals surface area contributed by atoms with Gasteiger partial charge in [0.25, 0.3) is 10.0 Å². The molecule has 0 aliphatic heterocycles. The van der Waals surface area contributed by atoms with Crippen LogP contribution in [0, 0.1) is 6.92 Å². The highest BCUT2D eigenvalue weighted by molar-refractivity contribution is 7.90. The van der Waals surface area contributed by atoms with E-state index in [4.69, 9.17) is 9.47 Å². The minimum Gasteiger partial charge on any atom is -0.493 e. The fourth-order valence-corrected chi connectivity index (χ4v) is 5.96. The van der Waals surface area contributed by atoms with E-state index in [1.807, 2.05) is 29.8 Å². The number of hydrogen-bond acceptors (Lipinski definition) is 6. The van der Waals surface area contributed by atoms with Gasteiger partial charge < -0.3 is 19.9 Å². The summed E-state index contributed by atoms with van der Waals surface area (Å²) in [6, 6.07) is 10.5. The van der Waals surface area contributed by atoms with Crippen molar-refractivity contribution in [1.82, 2.24) is 10.0 Å². The van der Waals surface area contributed by atoms with Gasteiger partial charge in [-0.25, -0.2) is 22.7 Å². The highest BCUT2D eigenvalue weighted by Gasteiger charge is 2.47. The number of carboxylic acids is 1. The number of hydrogen-bond donors (Lipinski definition) is 3. The Bertz CT molecular complexity index is 1220. The fraction of sp³-hybridized carbons (Fsp3) is 0.462. The first-order chi connectivity index (χ1) is 17.1. The number of benzene rings is 2. The summed E-state index contributed by atoms with van der Waals surface area (Å²) in [5, 5.41) is 12.5. The Morgan fingerprint density at radius 3 is 2.36 bits per heavy atom. The van der Waals surface area contributed by atoms with Gasteiger partial charge >= 0.3 is 12.0 Å². The lowest BCUT2D eigenvalue weighted by Crippen LogP contribution is -2.56. The summed E-state index contributed by atoms with van der Waals surface area (Å²) in [5.74, 6) is -0.118. The van der Waals surface area contributed by atoms with Crippen molar-refractivity contribution in [3.05, 3.63) is 53.6 Å². The lowest BCUT2D eigenvalue weighted by atomic mass is 9.92. The monoisotopic (exact) mass is 516 g/mol. The predicted molar refractivity (Wildman–Crippen MR) is 133 cm³/mol. The van der Waals surface area contributed by atoms with Gasteiger partial charge in [0, 0.05) is 0 Å². The van der Waals surface area contributed by atoms with Crippen molar-refractivity contribution in [2.75, 3.05) is 7.11 Å². The van der Waals surface area contributed by atoms with Crippen LogP contribution in [-0.2, 0) is 14.8 Å². The third-order valence-electron chi connectivity index (χ3n) is 7.09. The first-order valence-corrected chi connectivity index (χ1v) is 13.6. The number of rotatable bonds is 8. The Morgan fingerprint density at radius 1 is 1.03 bits per heavy atom. The second kappa shape index (κ2) is 10.4. The van der Waals surface area contributed by atoms with E-state index in [0.717, 1.165) is 36.8 Å². The number of urea groups is 1. The molecule has 0 heterocycles. The Kier molecular flexibility index (Phi) is 7.44. The van der Waals surface area contributed by atoms with Crippen LogP contribution in [0.1, 0.15) is 62.0 Å². The van der Waals surface area contributed by atoms with Gasteiger partial charge in [-0.15, -0.1) is 0 Å². The van der Waals surface area contributed by atoms with Crippen LogP contribution in [0.25, 0.3) is 0 Å². The van der Waals surface area contributed by atoms with E-state index in [1.54, 1.807) is 19.2 Å². The van der Waals surface area contributed by atoms with Crippen LogP contribution in [0.3, 0.4) is 0 Å². The molecule has 9 nitrogen and oxygen atoms in total. The number of ether oxygens (including phenoxy) is 2. The lowest BCUT2D eigenvalue weighted by molar-refractivity contribution is -0.144. The number of carbonyl (C=O) groups excluding carboxylic acids is 1. The number of methoxy groups -OCH3 is 1. The minimum absolute atomic E-state index is 0.0788. The highest BCUT2D eigenvalue weighted by Crippen LogP contribution is 2.44. The predicted octanol–water partition coefficient (Wildman–Crippen LogP) is 4.10. The molecule has 2 atom stereocenters. The van der Waals surface area contributed by atoms with Crippen LogP contribution in [-0.4, -0.2) is 44.3 Å². The van der Waals surface area contributed by atoms with E-state index in [2.05, 4.69) is 5.32 Å². The van der Waals surface area contributed by atoms with Gasteiger partial charge in [-0.05, 0) is 87.6 Å². The summed E-state index contributed by atoms with van der Waals surface area (Å²) in [6.45, 7) is 1.82. The summed E-state index contributed by atoms with van der Waals surface area (Å²) in [6.07, 6.45) is 5.16. The molecule has 194 valence electrons. The Morgan fingerprint density at radius 2 is 1.72 bits per heavy atom. The molecule has 2 aliphatic carbocycles. The van der Waals surface area contributed by atoms with Gasteiger partial charge in [-0.2, -0.15) is 0 Å². The summed E-state index contributed by atoms with van der Waals surface area (Å²) in [4.78, 5) is 24.8. The van der Waals surface area contributed by atoms with Crippen molar-refractivity contribution in [3.8, 4) is 11.5 Å². The zero-order valence-electron chi connectivity index (χ0n) is 20.5. The van der Waals surface area contributed by atoms with E-state index < -0.39 is 27.6 Å². The number of carboxylic acid groups (broad SMARTS) is 1. The van der Waals surface area contributed by atoms with Gasteiger partial charge in [0.1, 0.15) is 5.54 Å². The molecule has 10 heteroatoms. The van der Waals surface area contributed by atoms with Crippen LogP contribution >= 0.6 is 0 Å². The second-order valence-electron chi connectivity index (χ2n) is 9.63. The van der Waals surface area contributed by atoms with Crippen LogP contribution in [0.2, 0.25) is 0 Å². The maximum atomic E-state index is 12.6. The maximum absolute atomic E-state index is 12.6. The minimum atomic E-state index is -4.15. The average Bonchev–Trinajstić information content (AvgIpc) is 3.50. The third-order valence-corrected chi connectivity index (χ3v) is 8.44. The smallest absolute Gasteiger partial charge is 0.329 e. The number of amides is 2. The van der Waals surface area contributed by atoms with Gasteiger partial charge in [0.05, 0.1) is 18.1 Å². The van der Waals surface area contributed by atoms with Crippen LogP contribution in [0.15, 0.2) is 47.4 Å². The summed E-state index contributed by atoms with van der Waals surface area (Å²) < 4.78 is 38.7. The fourth-order valence-electron chi connectivity index (χ4n) is 5.06. The number of nitrogens with one attached hydrogen (secondary N) is 2. The van der Waals surface area contributed by atoms with E-state index in [9.17, 15) is 23.1 Å². The standard InChI is InChI=1S/C26H32N2O7S/c1-17-7-10-21(11-8-17)36(32,33)28-25(31)27-26(24(29)30)14-13-19(16-26)18-9-12-22(34-2)23(15-18)35-20-5-3-4-6-20/h7-12,15,19-20H,3-6,13-14,16H2,1-2H3,(H,29,30)(H2,27,28,31)/t19-,26+/m1/s1. The van der Waals surface area contributed by atoms with Crippen molar-refractivity contribution in [3.63, 3.8) is 0 Å². The van der Waals surface area contributed by atoms with Crippen molar-refractivity contribution >= 4 is 22.0 Å². The van der Waals surface area contributed by atoms with E-state index in [-0.39, 0.29) is 29.8 Å². The molecule has 2 aromatic carbocycles. The molecule has 36 heavy (non-hydrogen) atoms. The molecular formula is C26H32N2O7S. The summed E-state index contributed by atoms with van der Waals surface area (Å²) in [5.41, 5.74) is 0.168. The van der Waals surface area contributed by atoms with E-state index >= 15 is 0 Å². The molecule has 0 saturated heterocycles. The first kappa shape index (κ1) is 25.8. The molecular weight excluding hydrogens is 484 g/mol. The third kappa shape index (κ3) is 5.59. The number of aryl methyl sites for hydroxylation is 1. The molecule has 0 aromatic heterocycles. The van der Waals surface area contributed by atoms with Crippen LogP contribution in [0.4, 0.5) is 4.79 Å². The van der Waals surface area contributed by atoms with Crippen molar-refractivity contribution in [1.29, 1.82) is 0 Å². The second-order valence-corrected chi connectivity index (χ2v) is 11.3. The number of aliphatic carboxylic acids is 1. The molecule has 0 radical (unpaired) electrons. The molecule has 2 amide bonds. The van der Waals surface area contributed by atoms with E-state index in [1.165, 1.54) is 12.1 Å². The molecule has 4 rings (SSSR count). The van der Waals surface area contributed by atoms with Crippen molar-refractivity contribution in [2.45, 2.75) is 74.3 Å². The number of sulfonamides is 1. The van der Waals surface area contributed by atoms with Gasteiger partial charge in [-0.3, -0.25) is 0 Å². The van der Waals surface area contributed by atoms with Crippen LogP contribution in [0.5, 0.6) is 11.5 Å². The SMILES string of the molecule is COc1ccc([C@@H]2CC[C@@](NC(=O)NS(=O)(=O)c3ccc(C)cc3)(C(=O)O)C2)cc1OC1CCCC1. The molecule has 2 aromatic rings. The number of carbonyl (C=O) groups is 2. The zero-order valence-corrected chi connectivity index (χ0v) is 21.3.